The number of rotatable bonds is 6. The van der Waals surface area contributed by atoms with E-state index in [2.05, 4.69) is 0 Å². The van der Waals surface area contributed by atoms with Gasteiger partial charge in [0.15, 0.2) is 0 Å². The average molecular weight is 328 g/mol. The van der Waals surface area contributed by atoms with Crippen molar-refractivity contribution in [1.29, 1.82) is 0 Å². The number of aryl methyl sites for hydroxylation is 1. The van der Waals surface area contributed by atoms with Crippen LogP contribution in [-0.4, -0.2) is 39.5 Å². The Morgan fingerprint density at radius 2 is 1.83 bits per heavy atom. The molecule has 2 aromatic rings. The minimum absolute atomic E-state index is 0.258. The largest absolute Gasteiger partial charge is 0.480 e. The van der Waals surface area contributed by atoms with Gasteiger partial charge in [-0.15, -0.1) is 0 Å². The lowest BCUT2D eigenvalue weighted by atomic mass is 10.0. The molecule has 24 heavy (non-hydrogen) atoms. The first kappa shape index (κ1) is 17.8. The molecule has 0 aliphatic heterocycles. The lowest BCUT2D eigenvalue weighted by Gasteiger charge is -2.25. The molecule has 1 heterocycles. The monoisotopic (exact) mass is 328 g/mol. The molecule has 0 bridgehead atoms. The maximum atomic E-state index is 12.8. The standard InChI is InChI=1S/C19H24N2O3/c1-5-21-13(2)11-16(14(21)3)18(22)20(4)17(19(23)24)12-15-9-7-6-8-10-15/h6-11,17H,5,12H2,1-4H3,(H,23,24). The number of carboxylic acid groups (broad SMARTS) is 1. The summed E-state index contributed by atoms with van der Waals surface area (Å²) in [6.07, 6.45) is 0.283. The molecule has 0 saturated heterocycles. The molecule has 0 radical (unpaired) electrons. The second-order valence-corrected chi connectivity index (χ2v) is 5.99. The molecule has 0 aliphatic carbocycles. The van der Waals surface area contributed by atoms with Gasteiger partial charge in [0.2, 0.25) is 0 Å². The van der Waals surface area contributed by atoms with Crippen LogP contribution in [0.15, 0.2) is 36.4 Å². The Labute approximate surface area is 142 Å². The number of aromatic nitrogens is 1. The van der Waals surface area contributed by atoms with Crippen molar-refractivity contribution in [3.05, 3.63) is 58.9 Å². The highest BCUT2D eigenvalue weighted by Gasteiger charge is 2.29. The smallest absolute Gasteiger partial charge is 0.326 e. The third-order valence-corrected chi connectivity index (χ3v) is 4.47. The van der Waals surface area contributed by atoms with Crippen molar-refractivity contribution in [2.75, 3.05) is 7.05 Å². The zero-order chi connectivity index (χ0) is 17.9. The zero-order valence-electron chi connectivity index (χ0n) is 14.6. The van der Waals surface area contributed by atoms with E-state index in [1.54, 1.807) is 7.05 Å². The third-order valence-electron chi connectivity index (χ3n) is 4.47. The molecule has 0 aliphatic rings. The van der Waals surface area contributed by atoms with Crippen molar-refractivity contribution in [3.8, 4) is 0 Å². The Morgan fingerprint density at radius 3 is 2.33 bits per heavy atom. The summed E-state index contributed by atoms with van der Waals surface area (Å²) in [7, 11) is 1.56. The summed E-state index contributed by atoms with van der Waals surface area (Å²) in [5.74, 6) is -1.26. The minimum Gasteiger partial charge on any atom is -0.480 e. The van der Waals surface area contributed by atoms with Gasteiger partial charge in [-0.05, 0) is 32.4 Å². The number of amides is 1. The van der Waals surface area contributed by atoms with Crippen molar-refractivity contribution in [2.24, 2.45) is 0 Å². The van der Waals surface area contributed by atoms with Crippen LogP contribution in [-0.2, 0) is 17.8 Å². The molecule has 1 unspecified atom stereocenters. The van der Waals surface area contributed by atoms with Crippen LogP contribution in [0.4, 0.5) is 0 Å². The van der Waals surface area contributed by atoms with Crippen molar-refractivity contribution in [3.63, 3.8) is 0 Å². The summed E-state index contributed by atoms with van der Waals surface area (Å²) in [4.78, 5) is 25.9. The summed E-state index contributed by atoms with van der Waals surface area (Å²) in [5.41, 5.74) is 3.33. The number of likely N-dealkylation sites (N-methyl/N-ethyl adjacent to an activating group) is 1. The summed E-state index contributed by atoms with van der Waals surface area (Å²) >= 11 is 0. The fourth-order valence-corrected chi connectivity index (χ4v) is 3.06. The Morgan fingerprint density at radius 1 is 1.21 bits per heavy atom. The van der Waals surface area contributed by atoms with Crippen molar-refractivity contribution in [2.45, 2.75) is 39.8 Å². The lowest BCUT2D eigenvalue weighted by Crippen LogP contribution is -2.44. The fourth-order valence-electron chi connectivity index (χ4n) is 3.06. The SMILES string of the molecule is CCn1c(C)cc(C(=O)N(C)C(Cc2ccccc2)C(=O)O)c1C. The highest BCUT2D eigenvalue weighted by Crippen LogP contribution is 2.19. The van der Waals surface area contributed by atoms with Gasteiger partial charge in [0.05, 0.1) is 5.56 Å². The van der Waals surface area contributed by atoms with Crippen LogP contribution in [0.25, 0.3) is 0 Å². The molecule has 1 atom stereocenters. The van der Waals surface area contributed by atoms with Crippen LogP contribution >= 0.6 is 0 Å². The lowest BCUT2D eigenvalue weighted by molar-refractivity contribution is -0.141. The summed E-state index contributed by atoms with van der Waals surface area (Å²) < 4.78 is 2.05. The molecule has 0 saturated carbocycles. The van der Waals surface area contributed by atoms with Gasteiger partial charge >= 0.3 is 5.97 Å². The van der Waals surface area contributed by atoms with Gasteiger partial charge in [0.25, 0.3) is 5.91 Å². The molecule has 5 heteroatoms. The summed E-state index contributed by atoms with van der Waals surface area (Å²) in [6.45, 7) is 6.64. The highest BCUT2D eigenvalue weighted by molar-refractivity contribution is 5.97. The Hall–Kier alpha value is -2.56. The van der Waals surface area contributed by atoms with Crippen molar-refractivity contribution >= 4 is 11.9 Å². The van der Waals surface area contributed by atoms with Crippen LogP contribution < -0.4 is 0 Å². The molecule has 128 valence electrons. The van der Waals surface area contributed by atoms with Gasteiger partial charge in [-0.1, -0.05) is 30.3 Å². The first-order valence-corrected chi connectivity index (χ1v) is 8.07. The topological polar surface area (TPSA) is 62.5 Å². The number of nitrogens with zero attached hydrogens (tertiary/aromatic N) is 2. The number of carboxylic acids is 1. The van der Waals surface area contributed by atoms with Crippen LogP contribution in [0.2, 0.25) is 0 Å². The van der Waals surface area contributed by atoms with E-state index in [-0.39, 0.29) is 12.3 Å². The molecule has 0 spiro atoms. The molecule has 1 amide bonds. The molecule has 5 nitrogen and oxygen atoms in total. The number of carbonyl (C=O) groups is 2. The summed E-state index contributed by atoms with van der Waals surface area (Å²) in [6, 6.07) is 10.3. The zero-order valence-corrected chi connectivity index (χ0v) is 14.6. The quantitative estimate of drug-likeness (QED) is 0.887. The maximum absolute atomic E-state index is 12.8. The number of benzene rings is 1. The van der Waals surface area contributed by atoms with E-state index < -0.39 is 12.0 Å². The molecule has 1 aromatic heterocycles. The van der Waals surface area contributed by atoms with E-state index in [0.717, 1.165) is 23.5 Å². The molecule has 0 fully saturated rings. The van der Waals surface area contributed by atoms with Gasteiger partial charge in [-0.2, -0.15) is 0 Å². The van der Waals surface area contributed by atoms with Gasteiger partial charge < -0.3 is 14.6 Å². The Balaban J connectivity index is 2.28. The second kappa shape index (κ2) is 7.34. The second-order valence-electron chi connectivity index (χ2n) is 5.99. The van der Waals surface area contributed by atoms with Crippen LogP contribution in [0, 0.1) is 13.8 Å². The maximum Gasteiger partial charge on any atom is 0.326 e. The first-order chi connectivity index (χ1) is 11.4. The van der Waals surface area contributed by atoms with Gasteiger partial charge in [-0.25, -0.2) is 4.79 Å². The van der Waals surface area contributed by atoms with Gasteiger partial charge in [-0.3, -0.25) is 4.79 Å². The number of hydrogen-bond donors (Lipinski definition) is 1. The van der Waals surface area contributed by atoms with E-state index in [9.17, 15) is 14.7 Å². The van der Waals surface area contributed by atoms with Gasteiger partial charge in [0, 0.05) is 31.4 Å². The summed E-state index contributed by atoms with van der Waals surface area (Å²) in [5, 5.41) is 9.58. The van der Waals surface area contributed by atoms with Crippen molar-refractivity contribution in [1.82, 2.24) is 9.47 Å². The highest BCUT2D eigenvalue weighted by atomic mass is 16.4. The predicted molar refractivity (Wildman–Crippen MR) is 93.2 cm³/mol. The van der Waals surface area contributed by atoms with E-state index >= 15 is 0 Å². The molecular formula is C19H24N2O3. The molecule has 1 N–H and O–H groups in total. The first-order valence-electron chi connectivity index (χ1n) is 8.07. The minimum atomic E-state index is -1.00. The number of aliphatic carboxylic acids is 1. The molecule has 2 rings (SSSR count). The number of carbonyl (C=O) groups excluding carboxylic acids is 1. The average Bonchev–Trinajstić information content (AvgIpc) is 2.86. The molecular weight excluding hydrogens is 304 g/mol. The van der Waals surface area contributed by atoms with E-state index in [1.165, 1.54) is 4.90 Å². The third kappa shape index (κ3) is 3.50. The fraction of sp³-hybridized carbons (Fsp3) is 0.368. The van der Waals surface area contributed by atoms with E-state index in [1.807, 2.05) is 61.7 Å². The van der Waals surface area contributed by atoms with Crippen LogP contribution in [0.3, 0.4) is 0 Å². The Bertz CT molecular complexity index is 735. The van der Waals surface area contributed by atoms with Gasteiger partial charge in [0.1, 0.15) is 6.04 Å². The van der Waals surface area contributed by atoms with E-state index in [0.29, 0.717) is 5.56 Å². The Kier molecular flexibility index (Phi) is 5.44. The predicted octanol–water partition coefficient (Wildman–Crippen LogP) is 2.89. The van der Waals surface area contributed by atoms with Crippen molar-refractivity contribution < 1.29 is 14.7 Å². The van der Waals surface area contributed by atoms with E-state index in [4.69, 9.17) is 0 Å². The molecule has 1 aromatic carbocycles. The van der Waals surface area contributed by atoms with Crippen LogP contribution in [0.5, 0.6) is 0 Å². The normalized spacial score (nSPS) is 12.0. The van der Waals surface area contributed by atoms with Crippen LogP contribution in [0.1, 0.15) is 34.2 Å². The number of hydrogen-bond acceptors (Lipinski definition) is 2.